The summed E-state index contributed by atoms with van der Waals surface area (Å²) < 4.78 is 3.27. The fourth-order valence-electron chi connectivity index (χ4n) is 2.13. The number of hydrogen-bond donors (Lipinski definition) is 2. The van der Waals surface area contributed by atoms with Crippen molar-refractivity contribution in [2.45, 2.75) is 19.9 Å². The molecule has 1 aromatic carbocycles. The fourth-order valence-corrected chi connectivity index (χ4v) is 2.82. The van der Waals surface area contributed by atoms with E-state index in [2.05, 4.69) is 20.9 Å². The van der Waals surface area contributed by atoms with E-state index in [4.69, 9.17) is 18.0 Å². The quantitative estimate of drug-likeness (QED) is 0.850. The third kappa shape index (κ3) is 2.22. The van der Waals surface area contributed by atoms with Gasteiger partial charge in [-0.3, -0.25) is 4.79 Å². The van der Waals surface area contributed by atoms with Gasteiger partial charge in [0.05, 0.1) is 11.0 Å². The lowest BCUT2D eigenvalue weighted by Crippen LogP contribution is -2.30. The minimum absolute atomic E-state index is 0.0804. The number of benzene rings is 1. The van der Waals surface area contributed by atoms with Crippen LogP contribution < -0.4 is 5.73 Å². The van der Waals surface area contributed by atoms with Gasteiger partial charge in [-0.2, -0.15) is 0 Å². The van der Waals surface area contributed by atoms with Gasteiger partial charge >= 0.3 is 0 Å². The summed E-state index contributed by atoms with van der Waals surface area (Å²) in [7, 11) is 0. The van der Waals surface area contributed by atoms with Crippen LogP contribution in [0.25, 0.3) is 11.0 Å². The van der Waals surface area contributed by atoms with Crippen LogP contribution in [-0.4, -0.2) is 15.5 Å². The number of amides is 1. The first-order chi connectivity index (χ1) is 8.41. The van der Waals surface area contributed by atoms with Crippen LogP contribution in [0.15, 0.2) is 22.7 Å². The molecule has 2 aromatic rings. The van der Waals surface area contributed by atoms with Crippen molar-refractivity contribution in [3.05, 3.63) is 27.4 Å². The molecule has 0 aliphatic carbocycles. The molecule has 0 saturated carbocycles. The zero-order valence-electron chi connectivity index (χ0n) is 10.1. The van der Waals surface area contributed by atoms with Crippen LogP contribution in [0, 0.1) is 10.7 Å². The third-order valence-corrected chi connectivity index (χ3v) is 3.67. The number of nitrogens with zero attached hydrogens (tertiary/aromatic N) is 1. The molecule has 6 heteroatoms. The van der Waals surface area contributed by atoms with Crippen LogP contribution in [0.1, 0.15) is 19.9 Å². The number of carbonyl (C=O) groups excluding carboxylic acids is 1. The summed E-state index contributed by atoms with van der Waals surface area (Å²) >= 11 is 8.70. The predicted molar refractivity (Wildman–Crippen MR) is 77.9 cm³/mol. The molecule has 2 rings (SSSR count). The number of H-pyrrole nitrogens is 1. The largest absolute Gasteiger partial charge is 0.368 e. The highest BCUT2D eigenvalue weighted by Crippen LogP contribution is 2.26. The molecule has 3 N–H and O–H groups in total. The number of aromatic nitrogens is 2. The van der Waals surface area contributed by atoms with Crippen LogP contribution in [-0.2, 0) is 4.79 Å². The number of primary amides is 1. The second-order valence-electron chi connectivity index (χ2n) is 4.55. The number of nitrogens with two attached hydrogens (primary N) is 1. The molecule has 4 nitrogen and oxygen atoms in total. The Morgan fingerprint density at radius 3 is 2.72 bits per heavy atom. The Morgan fingerprint density at radius 2 is 2.17 bits per heavy atom. The zero-order valence-corrected chi connectivity index (χ0v) is 12.5. The van der Waals surface area contributed by atoms with Crippen molar-refractivity contribution in [2.24, 2.45) is 11.7 Å². The predicted octanol–water partition coefficient (Wildman–Crippen LogP) is 3.14. The molecule has 0 saturated heterocycles. The average molecular weight is 328 g/mol. The van der Waals surface area contributed by atoms with Gasteiger partial charge < -0.3 is 15.3 Å². The molecule has 18 heavy (non-hydrogen) atoms. The first kappa shape index (κ1) is 13.3. The lowest BCUT2D eigenvalue weighted by Gasteiger charge is -2.19. The van der Waals surface area contributed by atoms with E-state index >= 15 is 0 Å². The van der Waals surface area contributed by atoms with E-state index < -0.39 is 6.04 Å². The van der Waals surface area contributed by atoms with Gasteiger partial charge in [0.25, 0.3) is 0 Å². The number of halogens is 1. The van der Waals surface area contributed by atoms with Gasteiger partial charge in [-0.25, -0.2) is 0 Å². The third-order valence-electron chi connectivity index (χ3n) is 2.88. The highest BCUT2D eigenvalue weighted by atomic mass is 79.9. The van der Waals surface area contributed by atoms with Crippen molar-refractivity contribution >= 4 is 45.1 Å². The van der Waals surface area contributed by atoms with Crippen molar-refractivity contribution in [1.29, 1.82) is 0 Å². The van der Waals surface area contributed by atoms with Gasteiger partial charge in [0.2, 0.25) is 5.91 Å². The lowest BCUT2D eigenvalue weighted by atomic mass is 10.0. The van der Waals surface area contributed by atoms with Gasteiger partial charge in [0, 0.05) is 4.47 Å². The van der Waals surface area contributed by atoms with E-state index in [-0.39, 0.29) is 11.8 Å². The number of aromatic amines is 1. The maximum absolute atomic E-state index is 11.6. The average Bonchev–Trinajstić information content (AvgIpc) is 2.54. The summed E-state index contributed by atoms with van der Waals surface area (Å²) in [6.07, 6.45) is 0. The van der Waals surface area contributed by atoms with E-state index in [0.717, 1.165) is 15.5 Å². The molecule has 96 valence electrons. The fraction of sp³-hybridized carbons (Fsp3) is 0.333. The summed E-state index contributed by atoms with van der Waals surface area (Å²) in [4.78, 5) is 14.7. The normalized spacial score (nSPS) is 13.1. The van der Waals surface area contributed by atoms with E-state index in [1.165, 1.54) is 0 Å². The zero-order chi connectivity index (χ0) is 13.4. The molecule has 1 atom stereocenters. The highest BCUT2D eigenvalue weighted by molar-refractivity contribution is 9.10. The van der Waals surface area contributed by atoms with E-state index in [1.807, 2.05) is 32.0 Å². The van der Waals surface area contributed by atoms with Crippen LogP contribution >= 0.6 is 28.1 Å². The second kappa shape index (κ2) is 4.85. The molecule has 1 heterocycles. The molecule has 1 unspecified atom stereocenters. The molecule has 0 aliphatic heterocycles. The van der Waals surface area contributed by atoms with Crippen molar-refractivity contribution in [3.63, 3.8) is 0 Å². The van der Waals surface area contributed by atoms with Crippen LogP contribution in [0.3, 0.4) is 0 Å². The number of nitrogens with one attached hydrogen (secondary N) is 1. The van der Waals surface area contributed by atoms with Gasteiger partial charge in [0.1, 0.15) is 6.04 Å². The maximum Gasteiger partial charge on any atom is 0.240 e. The van der Waals surface area contributed by atoms with Crippen molar-refractivity contribution < 1.29 is 4.79 Å². The maximum atomic E-state index is 11.6. The van der Waals surface area contributed by atoms with Gasteiger partial charge in [-0.1, -0.05) is 29.8 Å². The van der Waals surface area contributed by atoms with Crippen molar-refractivity contribution in [3.8, 4) is 0 Å². The first-order valence-electron chi connectivity index (χ1n) is 5.61. The van der Waals surface area contributed by atoms with E-state index in [9.17, 15) is 4.79 Å². The van der Waals surface area contributed by atoms with Crippen molar-refractivity contribution in [1.82, 2.24) is 9.55 Å². The Balaban J connectivity index is 2.73. The molecule has 1 amide bonds. The second-order valence-corrected chi connectivity index (χ2v) is 5.86. The molecule has 0 aliphatic rings. The summed E-state index contributed by atoms with van der Waals surface area (Å²) in [6, 6.07) is 5.33. The van der Waals surface area contributed by atoms with Crippen LogP contribution in [0.2, 0.25) is 0 Å². The number of rotatable bonds is 3. The highest BCUT2D eigenvalue weighted by Gasteiger charge is 2.24. The first-order valence-corrected chi connectivity index (χ1v) is 6.81. The van der Waals surface area contributed by atoms with Crippen molar-refractivity contribution in [2.75, 3.05) is 0 Å². The Bertz CT molecular complexity index is 659. The standard InChI is InChI=1S/C12H14BrN3OS/c1-6(2)10(11(14)17)16-9-4-3-7(13)5-8(9)15-12(16)18/h3-6,10H,1-2H3,(H2,14,17)(H,15,18). The molecule has 1 aromatic heterocycles. The minimum atomic E-state index is -0.438. The van der Waals surface area contributed by atoms with Gasteiger partial charge in [-0.15, -0.1) is 0 Å². The summed E-state index contributed by atoms with van der Waals surface area (Å²) in [5, 5.41) is 0. The summed E-state index contributed by atoms with van der Waals surface area (Å²) in [5.74, 6) is -0.290. The monoisotopic (exact) mass is 327 g/mol. The summed E-state index contributed by atoms with van der Waals surface area (Å²) in [5.41, 5.74) is 7.27. The topological polar surface area (TPSA) is 63.8 Å². The minimum Gasteiger partial charge on any atom is -0.368 e. The molecule has 0 radical (unpaired) electrons. The summed E-state index contributed by atoms with van der Waals surface area (Å²) in [6.45, 7) is 3.91. The molecular weight excluding hydrogens is 314 g/mol. The molecule has 0 fully saturated rings. The van der Waals surface area contributed by atoms with E-state index in [1.54, 1.807) is 4.57 Å². The van der Waals surface area contributed by atoms with Crippen LogP contribution in [0.5, 0.6) is 0 Å². The smallest absolute Gasteiger partial charge is 0.240 e. The Hall–Kier alpha value is -1.14. The number of hydrogen-bond acceptors (Lipinski definition) is 2. The number of fused-ring (bicyclic) bond motifs is 1. The Kier molecular flexibility index (Phi) is 3.59. The Morgan fingerprint density at radius 1 is 1.50 bits per heavy atom. The molecule has 0 bridgehead atoms. The molecular formula is C12H14BrN3OS. The molecule has 0 spiro atoms. The number of carbonyl (C=O) groups is 1. The van der Waals surface area contributed by atoms with Gasteiger partial charge in [-0.05, 0) is 36.3 Å². The SMILES string of the molecule is CC(C)C(C(N)=O)n1c(=S)[nH]c2cc(Br)ccc21. The lowest BCUT2D eigenvalue weighted by molar-refractivity contribution is -0.122. The van der Waals surface area contributed by atoms with Gasteiger partial charge in [0.15, 0.2) is 4.77 Å². The Labute approximate surface area is 118 Å². The number of imidazole rings is 1. The van der Waals surface area contributed by atoms with Crippen LogP contribution in [0.4, 0.5) is 0 Å². The van der Waals surface area contributed by atoms with E-state index in [0.29, 0.717) is 4.77 Å².